The number of nitrogens with one attached hydrogen (secondary N) is 2. The SMILES string of the molecule is NCC(O)CNC1CC(N)C(C2OC(CNCC(N)CO)C(O)CC2N)C(O)C1OC1OC(CO)C(O)C(N)C1O. The minimum atomic E-state index is -1.49. The van der Waals surface area contributed by atoms with Gasteiger partial charge in [0.1, 0.15) is 24.4 Å². The van der Waals surface area contributed by atoms with Crippen LogP contribution in [0.5, 0.6) is 0 Å². The Morgan fingerprint density at radius 2 is 1.61 bits per heavy atom. The van der Waals surface area contributed by atoms with Gasteiger partial charge in [-0.15, -0.1) is 0 Å². The lowest BCUT2D eigenvalue weighted by atomic mass is 9.72. The maximum Gasteiger partial charge on any atom is 0.186 e. The summed E-state index contributed by atoms with van der Waals surface area (Å²) in [5.41, 5.74) is 30.2. The molecule has 0 aromatic rings. The highest BCUT2D eigenvalue weighted by Gasteiger charge is 2.53. The molecular formula is C24H51N7O10. The van der Waals surface area contributed by atoms with Crippen LogP contribution >= 0.6 is 0 Å². The van der Waals surface area contributed by atoms with Crippen molar-refractivity contribution in [1.82, 2.24) is 10.6 Å². The molecule has 17 nitrogen and oxygen atoms in total. The fourth-order valence-corrected chi connectivity index (χ4v) is 5.86. The zero-order valence-corrected chi connectivity index (χ0v) is 23.1. The van der Waals surface area contributed by atoms with Crippen molar-refractivity contribution in [2.24, 2.45) is 34.6 Å². The third kappa shape index (κ3) is 8.49. The first-order valence-corrected chi connectivity index (χ1v) is 14.2. The van der Waals surface area contributed by atoms with Gasteiger partial charge in [0, 0.05) is 56.3 Å². The van der Waals surface area contributed by atoms with Crippen molar-refractivity contribution in [2.45, 2.75) is 104 Å². The fraction of sp³-hybridized carbons (Fsp3) is 1.00. The van der Waals surface area contributed by atoms with E-state index in [1.54, 1.807) is 0 Å². The highest BCUT2D eigenvalue weighted by Crippen LogP contribution is 2.36. The normalized spacial score (nSPS) is 45.4. The van der Waals surface area contributed by atoms with Gasteiger partial charge in [-0.25, -0.2) is 0 Å². The number of nitrogens with two attached hydrogens (primary N) is 5. The molecule has 41 heavy (non-hydrogen) atoms. The van der Waals surface area contributed by atoms with E-state index in [0.717, 1.165) is 0 Å². The summed E-state index contributed by atoms with van der Waals surface area (Å²) in [5.74, 6) is -0.782. The molecule has 3 aliphatic rings. The monoisotopic (exact) mass is 597 g/mol. The summed E-state index contributed by atoms with van der Waals surface area (Å²) >= 11 is 0. The van der Waals surface area contributed by atoms with Gasteiger partial charge >= 0.3 is 0 Å². The van der Waals surface area contributed by atoms with Crippen molar-refractivity contribution < 1.29 is 50.0 Å². The average molecular weight is 598 g/mol. The fourth-order valence-electron chi connectivity index (χ4n) is 5.86. The third-order valence-corrected chi connectivity index (χ3v) is 8.33. The summed E-state index contributed by atoms with van der Waals surface area (Å²) in [6, 6.07) is -3.67. The molecule has 0 aromatic carbocycles. The first-order chi connectivity index (χ1) is 19.4. The highest BCUT2D eigenvalue weighted by atomic mass is 16.7. The molecule has 242 valence electrons. The molecule has 1 saturated carbocycles. The summed E-state index contributed by atoms with van der Waals surface area (Å²) < 4.78 is 17.9. The molecule has 3 rings (SSSR count). The second-order valence-corrected chi connectivity index (χ2v) is 11.5. The molecule has 1 aliphatic carbocycles. The van der Waals surface area contributed by atoms with Crippen LogP contribution in [0.3, 0.4) is 0 Å². The second-order valence-electron chi connectivity index (χ2n) is 11.5. The van der Waals surface area contributed by atoms with Crippen LogP contribution in [0, 0.1) is 5.92 Å². The van der Waals surface area contributed by atoms with Gasteiger partial charge in [-0.2, -0.15) is 0 Å². The number of hydrogen-bond acceptors (Lipinski definition) is 17. The highest BCUT2D eigenvalue weighted by molar-refractivity contribution is 5.06. The van der Waals surface area contributed by atoms with E-state index in [9.17, 15) is 30.6 Å². The molecule has 0 radical (unpaired) electrons. The minimum absolute atomic E-state index is 0.0103. The van der Waals surface area contributed by atoms with Crippen LogP contribution in [0.15, 0.2) is 0 Å². The van der Waals surface area contributed by atoms with Crippen molar-refractivity contribution in [1.29, 1.82) is 0 Å². The zero-order valence-electron chi connectivity index (χ0n) is 23.1. The van der Waals surface area contributed by atoms with Crippen molar-refractivity contribution in [3.63, 3.8) is 0 Å². The standard InChI is InChI=1S/C24H51N7O10/c25-3-10(34)5-31-13-1-11(27)17(22-12(28)2-14(35)15(39-22)6-30-4-9(26)7-32)20(37)23(13)41-24-21(38)18(29)19(36)16(8-33)40-24/h9-24,30-38H,1-8,25-29H2. The van der Waals surface area contributed by atoms with Crippen LogP contribution in [0.1, 0.15) is 12.8 Å². The summed E-state index contributed by atoms with van der Waals surface area (Å²) in [5, 5.41) is 78.2. The molecule has 0 spiro atoms. The van der Waals surface area contributed by atoms with Gasteiger partial charge in [0.15, 0.2) is 6.29 Å². The van der Waals surface area contributed by atoms with Gasteiger partial charge < -0.3 is 89.3 Å². The van der Waals surface area contributed by atoms with Crippen LogP contribution < -0.4 is 39.3 Å². The smallest absolute Gasteiger partial charge is 0.186 e. The maximum atomic E-state index is 11.7. The molecule has 16 atom stereocenters. The van der Waals surface area contributed by atoms with Crippen molar-refractivity contribution in [2.75, 3.05) is 39.4 Å². The summed E-state index contributed by atoms with van der Waals surface area (Å²) in [4.78, 5) is 0. The van der Waals surface area contributed by atoms with Crippen LogP contribution in [0.4, 0.5) is 0 Å². The van der Waals surface area contributed by atoms with E-state index < -0.39 is 104 Å². The third-order valence-electron chi connectivity index (χ3n) is 8.33. The van der Waals surface area contributed by atoms with Gasteiger partial charge in [-0.3, -0.25) is 0 Å². The summed E-state index contributed by atoms with van der Waals surface area (Å²) in [7, 11) is 0. The van der Waals surface area contributed by atoms with Crippen LogP contribution in [-0.4, -0.2) is 167 Å². The van der Waals surface area contributed by atoms with E-state index in [0.29, 0.717) is 6.54 Å². The predicted octanol–water partition coefficient (Wildman–Crippen LogP) is -8.12. The molecule has 0 aromatic heterocycles. The molecule has 0 amide bonds. The van der Waals surface area contributed by atoms with Gasteiger partial charge in [-0.05, 0) is 12.8 Å². The van der Waals surface area contributed by atoms with Crippen LogP contribution in [0.25, 0.3) is 0 Å². The van der Waals surface area contributed by atoms with E-state index >= 15 is 0 Å². The van der Waals surface area contributed by atoms with E-state index in [1.807, 2.05) is 0 Å². The lowest BCUT2D eigenvalue weighted by Crippen LogP contribution is -2.70. The first kappa shape index (κ1) is 34.8. The molecule has 0 bridgehead atoms. The van der Waals surface area contributed by atoms with Crippen LogP contribution in [0.2, 0.25) is 0 Å². The van der Waals surface area contributed by atoms with E-state index in [4.69, 9.17) is 48.0 Å². The lowest BCUT2D eigenvalue weighted by Gasteiger charge is -2.51. The average Bonchev–Trinajstić information content (AvgIpc) is 2.94. The van der Waals surface area contributed by atoms with Gasteiger partial charge in [0.05, 0.1) is 49.8 Å². The molecule has 3 fully saturated rings. The van der Waals surface area contributed by atoms with Crippen molar-refractivity contribution in [3.05, 3.63) is 0 Å². The maximum absolute atomic E-state index is 11.7. The Kier molecular flexibility index (Phi) is 13.5. The molecule has 2 aliphatic heterocycles. The van der Waals surface area contributed by atoms with E-state index in [2.05, 4.69) is 10.6 Å². The second kappa shape index (κ2) is 15.9. The Balaban J connectivity index is 1.81. The summed E-state index contributed by atoms with van der Waals surface area (Å²) in [6.45, 7) is -0.242. The van der Waals surface area contributed by atoms with E-state index in [1.165, 1.54) is 0 Å². The Morgan fingerprint density at radius 1 is 0.902 bits per heavy atom. The van der Waals surface area contributed by atoms with Crippen LogP contribution in [-0.2, 0) is 14.2 Å². The van der Waals surface area contributed by atoms with E-state index in [-0.39, 0.29) is 39.1 Å². The van der Waals surface area contributed by atoms with Crippen molar-refractivity contribution in [3.8, 4) is 0 Å². The number of ether oxygens (including phenoxy) is 3. The molecule has 16 unspecified atom stereocenters. The Bertz CT molecular complexity index is 778. The Hall–Kier alpha value is -0.680. The number of aliphatic hydroxyl groups is 7. The van der Waals surface area contributed by atoms with Crippen molar-refractivity contribution >= 4 is 0 Å². The molecule has 19 N–H and O–H groups in total. The summed E-state index contributed by atoms with van der Waals surface area (Å²) in [6.07, 6.45) is -10.7. The number of hydrogen-bond donors (Lipinski definition) is 14. The van der Waals surface area contributed by atoms with Gasteiger partial charge in [-0.1, -0.05) is 0 Å². The largest absolute Gasteiger partial charge is 0.395 e. The number of aliphatic hydroxyl groups excluding tert-OH is 7. The van der Waals surface area contributed by atoms with Gasteiger partial charge in [0.2, 0.25) is 0 Å². The minimum Gasteiger partial charge on any atom is -0.395 e. The number of rotatable bonds is 13. The lowest BCUT2D eigenvalue weighted by molar-refractivity contribution is -0.307. The predicted molar refractivity (Wildman–Crippen MR) is 145 cm³/mol. The molecule has 2 heterocycles. The van der Waals surface area contributed by atoms with Gasteiger partial charge in [0.25, 0.3) is 0 Å². The quantitative estimate of drug-likeness (QED) is 0.0936. The Morgan fingerprint density at radius 3 is 2.24 bits per heavy atom. The Labute approximate surface area is 239 Å². The first-order valence-electron chi connectivity index (χ1n) is 14.2. The zero-order chi connectivity index (χ0) is 30.4. The molecule has 2 saturated heterocycles. The molecule has 17 heteroatoms. The topological polar surface area (TPSA) is 323 Å². The molecular weight excluding hydrogens is 546 g/mol.